The first kappa shape index (κ1) is 19.6. The second-order valence-electron chi connectivity index (χ2n) is 6.53. The maximum Gasteiger partial charge on any atom is 0.418 e. The summed E-state index contributed by atoms with van der Waals surface area (Å²) < 4.78 is 69.1. The van der Waals surface area contributed by atoms with Crippen molar-refractivity contribution in [3.8, 4) is 11.3 Å². The summed E-state index contributed by atoms with van der Waals surface area (Å²) in [4.78, 5) is 12.2. The molecule has 1 N–H and O–H groups in total. The molecule has 152 valence electrons. The molecule has 0 aliphatic rings. The number of rotatable bonds is 3. The van der Waals surface area contributed by atoms with Gasteiger partial charge in [0.05, 0.1) is 16.8 Å². The second kappa shape index (κ2) is 7.29. The van der Waals surface area contributed by atoms with Gasteiger partial charge in [0, 0.05) is 17.4 Å². The summed E-state index contributed by atoms with van der Waals surface area (Å²) in [7, 11) is 0. The molecule has 2 aromatic carbocycles. The first-order chi connectivity index (χ1) is 14.3. The molecular formula is C22H13F5N2O. The number of hydrogen-bond donors (Lipinski definition) is 1. The van der Waals surface area contributed by atoms with Crippen LogP contribution in [0.4, 0.5) is 27.6 Å². The van der Waals surface area contributed by atoms with Gasteiger partial charge < -0.3 is 9.72 Å². The number of carbonyl (C=O) groups is 1. The maximum atomic E-state index is 13.8. The average molecular weight is 416 g/mol. The fraction of sp³-hybridized carbons (Fsp3) is 0.0455. The molecule has 0 spiro atoms. The van der Waals surface area contributed by atoms with Crippen LogP contribution in [0.5, 0.6) is 0 Å². The average Bonchev–Trinajstić information content (AvgIpc) is 3.11. The fourth-order valence-corrected chi connectivity index (χ4v) is 3.22. The Bertz CT molecular complexity index is 1240. The highest BCUT2D eigenvalue weighted by Gasteiger charge is 2.36. The van der Waals surface area contributed by atoms with Crippen molar-refractivity contribution in [2.45, 2.75) is 6.18 Å². The first-order valence-corrected chi connectivity index (χ1v) is 8.79. The highest BCUT2D eigenvalue weighted by molar-refractivity contribution is 6.04. The molecule has 2 heterocycles. The summed E-state index contributed by atoms with van der Waals surface area (Å²) in [6.45, 7) is 0. The van der Waals surface area contributed by atoms with Gasteiger partial charge in [-0.1, -0.05) is 24.3 Å². The smallest absolute Gasteiger partial charge is 0.322 e. The molecule has 3 nitrogen and oxygen atoms in total. The zero-order chi connectivity index (χ0) is 21.5. The molecule has 0 unspecified atom stereocenters. The van der Waals surface area contributed by atoms with Gasteiger partial charge in [-0.3, -0.25) is 4.79 Å². The molecular weight excluding hydrogens is 403 g/mol. The van der Waals surface area contributed by atoms with Crippen molar-refractivity contribution in [2.24, 2.45) is 0 Å². The Kier molecular flexibility index (Phi) is 4.77. The molecule has 30 heavy (non-hydrogen) atoms. The summed E-state index contributed by atoms with van der Waals surface area (Å²) >= 11 is 0. The summed E-state index contributed by atoms with van der Waals surface area (Å²) in [6.07, 6.45) is -3.02. The quantitative estimate of drug-likeness (QED) is 0.399. The van der Waals surface area contributed by atoms with E-state index in [2.05, 4.69) is 5.32 Å². The lowest BCUT2D eigenvalue weighted by Gasteiger charge is -2.11. The molecule has 2 aromatic heterocycles. The predicted octanol–water partition coefficient (Wildman–Crippen LogP) is 6.16. The molecule has 0 saturated heterocycles. The number of aromatic nitrogens is 1. The summed E-state index contributed by atoms with van der Waals surface area (Å²) in [5, 5.41) is 2.41. The van der Waals surface area contributed by atoms with E-state index in [-0.39, 0.29) is 16.9 Å². The number of carbonyl (C=O) groups excluding carboxylic acids is 1. The van der Waals surface area contributed by atoms with E-state index in [1.807, 2.05) is 0 Å². The normalized spacial score (nSPS) is 11.6. The van der Waals surface area contributed by atoms with Crippen LogP contribution >= 0.6 is 0 Å². The number of alkyl halides is 3. The van der Waals surface area contributed by atoms with E-state index in [0.29, 0.717) is 5.52 Å². The summed E-state index contributed by atoms with van der Waals surface area (Å²) in [6, 6.07) is 14.8. The van der Waals surface area contributed by atoms with E-state index in [1.54, 1.807) is 18.2 Å². The highest BCUT2D eigenvalue weighted by atomic mass is 19.4. The Morgan fingerprint density at radius 2 is 1.63 bits per heavy atom. The van der Waals surface area contributed by atoms with Crippen LogP contribution in [0.3, 0.4) is 0 Å². The van der Waals surface area contributed by atoms with E-state index < -0.39 is 34.8 Å². The van der Waals surface area contributed by atoms with Gasteiger partial charge in [-0.25, -0.2) is 8.78 Å². The van der Waals surface area contributed by atoms with Gasteiger partial charge in [-0.2, -0.15) is 13.2 Å². The molecule has 0 fully saturated rings. The molecule has 4 rings (SSSR count). The van der Waals surface area contributed by atoms with Crippen LogP contribution in [0.2, 0.25) is 0 Å². The second-order valence-corrected chi connectivity index (χ2v) is 6.53. The lowest BCUT2D eigenvalue weighted by Crippen LogP contribution is -2.14. The Hall–Kier alpha value is -3.68. The van der Waals surface area contributed by atoms with Crippen LogP contribution in [0, 0.1) is 11.6 Å². The maximum absolute atomic E-state index is 13.8. The topological polar surface area (TPSA) is 33.5 Å². The Morgan fingerprint density at radius 1 is 0.900 bits per heavy atom. The van der Waals surface area contributed by atoms with Crippen LogP contribution < -0.4 is 5.32 Å². The summed E-state index contributed by atoms with van der Waals surface area (Å²) in [5.74, 6) is -3.30. The van der Waals surface area contributed by atoms with Gasteiger partial charge >= 0.3 is 6.18 Å². The van der Waals surface area contributed by atoms with Crippen molar-refractivity contribution in [1.82, 2.24) is 4.40 Å². The molecule has 0 atom stereocenters. The lowest BCUT2D eigenvalue weighted by molar-refractivity contribution is -0.137. The van der Waals surface area contributed by atoms with Crippen molar-refractivity contribution in [3.63, 3.8) is 0 Å². The monoisotopic (exact) mass is 416 g/mol. The van der Waals surface area contributed by atoms with Gasteiger partial charge in [0.25, 0.3) is 5.91 Å². The molecule has 0 aliphatic carbocycles. The van der Waals surface area contributed by atoms with Gasteiger partial charge in [0.2, 0.25) is 0 Å². The SMILES string of the molecule is O=C(Nc1ccc(-c2c(C(F)(F)F)cc3ccccn23)cc1)c1cccc(F)c1F. The minimum Gasteiger partial charge on any atom is -0.322 e. The van der Waals surface area contributed by atoms with Gasteiger partial charge in [0.1, 0.15) is 0 Å². The minimum atomic E-state index is -4.55. The number of nitrogens with one attached hydrogen (secondary N) is 1. The van der Waals surface area contributed by atoms with Gasteiger partial charge in [-0.15, -0.1) is 0 Å². The van der Waals surface area contributed by atoms with E-state index in [9.17, 15) is 26.7 Å². The number of pyridine rings is 1. The van der Waals surface area contributed by atoms with E-state index in [4.69, 9.17) is 0 Å². The van der Waals surface area contributed by atoms with Crippen LogP contribution in [-0.2, 0) is 6.18 Å². The van der Waals surface area contributed by atoms with Crippen molar-refractivity contribution in [3.05, 3.63) is 95.7 Å². The minimum absolute atomic E-state index is 0.0350. The van der Waals surface area contributed by atoms with Crippen LogP contribution in [0.25, 0.3) is 16.8 Å². The van der Waals surface area contributed by atoms with Crippen molar-refractivity contribution >= 4 is 17.1 Å². The Balaban J connectivity index is 1.68. The third kappa shape index (κ3) is 3.52. The molecule has 4 aromatic rings. The van der Waals surface area contributed by atoms with Gasteiger partial charge in [-0.05, 0) is 48.0 Å². The van der Waals surface area contributed by atoms with E-state index in [1.165, 1.54) is 40.9 Å². The number of halogens is 5. The van der Waals surface area contributed by atoms with Crippen LogP contribution in [0.15, 0.2) is 72.9 Å². The number of benzene rings is 2. The highest BCUT2D eigenvalue weighted by Crippen LogP contribution is 2.39. The number of hydrogen-bond acceptors (Lipinski definition) is 1. The predicted molar refractivity (Wildman–Crippen MR) is 102 cm³/mol. The standard InChI is InChI=1S/C22H13F5N2O/c23-18-6-3-5-16(19(18)24)21(30)28-14-9-7-13(8-10-14)20-17(22(25,26)27)12-15-4-1-2-11-29(15)20/h1-12H,(H,28,30). The molecule has 0 aliphatic heterocycles. The molecule has 0 saturated carbocycles. The lowest BCUT2D eigenvalue weighted by atomic mass is 10.1. The fourth-order valence-electron chi connectivity index (χ4n) is 3.22. The Morgan fingerprint density at radius 3 is 2.33 bits per heavy atom. The largest absolute Gasteiger partial charge is 0.418 e. The molecule has 8 heteroatoms. The number of fused-ring (bicyclic) bond motifs is 1. The molecule has 0 radical (unpaired) electrons. The number of anilines is 1. The first-order valence-electron chi connectivity index (χ1n) is 8.79. The zero-order valence-electron chi connectivity index (χ0n) is 15.2. The third-order valence-electron chi connectivity index (χ3n) is 4.60. The van der Waals surface area contributed by atoms with E-state index in [0.717, 1.165) is 18.2 Å². The zero-order valence-corrected chi connectivity index (χ0v) is 15.2. The van der Waals surface area contributed by atoms with Crippen molar-refractivity contribution in [2.75, 3.05) is 5.32 Å². The number of nitrogens with zero attached hydrogens (tertiary/aromatic N) is 1. The Labute approximate surface area is 167 Å². The van der Waals surface area contributed by atoms with E-state index >= 15 is 0 Å². The third-order valence-corrected chi connectivity index (χ3v) is 4.60. The summed E-state index contributed by atoms with van der Waals surface area (Å²) in [5.41, 5.74) is -0.403. The molecule has 0 bridgehead atoms. The van der Waals surface area contributed by atoms with Crippen LogP contribution in [-0.4, -0.2) is 10.3 Å². The number of amides is 1. The van der Waals surface area contributed by atoms with Gasteiger partial charge in [0.15, 0.2) is 11.6 Å². The molecule has 1 amide bonds. The van der Waals surface area contributed by atoms with Crippen molar-refractivity contribution < 1.29 is 26.7 Å². The van der Waals surface area contributed by atoms with Crippen molar-refractivity contribution in [1.29, 1.82) is 0 Å². The van der Waals surface area contributed by atoms with Crippen LogP contribution in [0.1, 0.15) is 15.9 Å².